The number of hydrogen-bond acceptors (Lipinski definition) is 7. The quantitative estimate of drug-likeness (QED) is 0.0969. The van der Waals surface area contributed by atoms with E-state index in [0.717, 1.165) is 4.90 Å². The van der Waals surface area contributed by atoms with Gasteiger partial charge in [0.05, 0.1) is 22.8 Å². The van der Waals surface area contributed by atoms with Crippen LogP contribution < -0.4 is 15.3 Å². The lowest BCUT2D eigenvalue weighted by molar-refractivity contribution is -0.384. The van der Waals surface area contributed by atoms with E-state index in [0.29, 0.717) is 49.5 Å². The number of nitro groups is 1. The van der Waals surface area contributed by atoms with Crippen LogP contribution >= 0.6 is 0 Å². The number of non-ortho nitro benzene ring substituents is 1. The second kappa shape index (κ2) is 11.8. The molecule has 0 bridgehead atoms. The number of urea groups is 1. The third-order valence-corrected chi connectivity index (χ3v) is 6.47. The Morgan fingerprint density at radius 2 is 1.85 bits per heavy atom. The van der Waals surface area contributed by atoms with Crippen LogP contribution in [-0.4, -0.2) is 41.5 Å². The fourth-order valence-electron chi connectivity index (χ4n) is 4.59. The van der Waals surface area contributed by atoms with E-state index in [-0.39, 0.29) is 42.0 Å². The van der Waals surface area contributed by atoms with Gasteiger partial charge in [-0.3, -0.25) is 24.7 Å². The van der Waals surface area contributed by atoms with Crippen molar-refractivity contribution < 1.29 is 36.8 Å². The fourth-order valence-corrected chi connectivity index (χ4v) is 4.59. The molecule has 0 aliphatic carbocycles. The zero-order chi connectivity index (χ0) is 29.0. The maximum absolute atomic E-state index is 13.5. The van der Waals surface area contributed by atoms with Gasteiger partial charge in [0.1, 0.15) is 17.9 Å². The summed E-state index contributed by atoms with van der Waals surface area (Å²) in [5.41, 5.74) is -1.83. The van der Waals surface area contributed by atoms with Gasteiger partial charge in [0.15, 0.2) is 0 Å². The molecule has 1 aromatic heterocycles. The first kappa shape index (κ1) is 28.6. The highest BCUT2D eigenvalue weighted by Crippen LogP contribution is 2.37. The lowest BCUT2D eigenvalue weighted by atomic mass is 10.0. The van der Waals surface area contributed by atoms with Crippen LogP contribution in [0.5, 0.6) is 5.75 Å². The SMILES string of the molecule is CCCc1c(OCCCCCN2C(=O)CN(c3cccc([N+](=O)[O-])c3)C2=O)ccc2c(C(F)(F)F)cc(=O)oc12. The number of hydrogen-bond donors (Lipinski definition) is 0. The van der Waals surface area contributed by atoms with E-state index in [1.165, 1.54) is 41.3 Å². The van der Waals surface area contributed by atoms with Crippen LogP contribution in [0.2, 0.25) is 0 Å². The van der Waals surface area contributed by atoms with Crippen LogP contribution in [-0.2, 0) is 17.4 Å². The number of carbonyl (C=O) groups excluding carboxylic acids is 2. The molecule has 13 heteroatoms. The number of rotatable bonds is 11. The van der Waals surface area contributed by atoms with Crippen LogP contribution in [0.15, 0.2) is 51.7 Å². The van der Waals surface area contributed by atoms with Gasteiger partial charge in [-0.05, 0) is 43.9 Å². The van der Waals surface area contributed by atoms with Gasteiger partial charge in [0.25, 0.3) is 11.6 Å². The molecule has 0 unspecified atom stereocenters. The van der Waals surface area contributed by atoms with Gasteiger partial charge in [-0.25, -0.2) is 9.59 Å². The summed E-state index contributed by atoms with van der Waals surface area (Å²) >= 11 is 0. The Balaban J connectivity index is 1.34. The van der Waals surface area contributed by atoms with Gasteiger partial charge in [-0.2, -0.15) is 13.2 Å². The van der Waals surface area contributed by atoms with Gasteiger partial charge < -0.3 is 9.15 Å². The number of ether oxygens (including phenoxy) is 1. The zero-order valence-corrected chi connectivity index (χ0v) is 21.5. The first-order chi connectivity index (χ1) is 19.0. The van der Waals surface area contributed by atoms with E-state index >= 15 is 0 Å². The summed E-state index contributed by atoms with van der Waals surface area (Å²) in [4.78, 5) is 49.8. The van der Waals surface area contributed by atoms with Crippen LogP contribution in [0.4, 0.5) is 29.3 Å². The average Bonchev–Trinajstić information content (AvgIpc) is 3.19. The molecule has 0 N–H and O–H groups in total. The maximum Gasteiger partial charge on any atom is 0.417 e. The van der Waals surface area contributed by atoms with E-state index in [2.05, 4.69) is 0 Å². The van der Waals surface area contributed by atoms with Gasteiger partial charge in [-0.15, -0.1) is 0 Å². The first-order valence-corrected chi connectivity index (χ1v) is 12.7. The van der Waals surface area contributed by atoms with Crippen molar-refractivity contribution in [2.75, 3.05) is 24.6 Å². The second-order valence-corrected chi connectivity index (χ2v) is 9.25. The summed E-state index contributed by atoms with van der Waals surface area (Å²) in [6.07, 6.45) is -2.20. The molecule has 212 valence electrons. The summed E-state index contributed by atoms with van der Waals surface area (Å²) < 4.78 is 51.4. The molecule has 0 atom stereocenters. The monoisotopic (exact) mass is 561 g/mol. The molecule has 1 fully saturated rings. The Morgan fingerprint density at radius 3 is 2.55 bits per heavy atom. The van der Waals surface area contributed by atoms with Crippen LogP contribution in [0.3, 0.4) is 0 Å². The Hall–Kier alpha value is -4.42. The van der Waals surface area contributed by atoms with E-state index in [1.807, 2.05) is 6.92 Å². The summed E-state index contributed by atoms with van der Waals surface area (Å²) in [7, 11) is 0. The minimum atomic E-state index is -4.71. The van der Waals surface area contributed by atoms with Crippen molar-refractivity contribution >= 4 is 34.3 Å². The molecule has 10 nitrogen and oxygen atoms in total. The Kier molecular flexibility index (Phi) is 8.40. The summed E-state index contributed by atoms with van der Waals surface area (Å²) in [6.45, 7) is 2.01. The highest BCUT2D eigenvalue weighted by Gasteiger charge is 2.37. The molecule has 3 aromatic rings. The number of unbranched alkanes of at least 4 members (excludes halogenated alkanes) is 2. The van der Waals surface area contributed by atoms with Crippen molar-refractivity contribution in [1.82, 2.24) is 4.90 Å². The number of aryl methyl sites for hydroxylation is 1. The zero-order valence-electron chi connectivity index (χ0n) is 21.5. The number of carbonyl (C=O) groups is 2. The highest BCUT2D eigenvalue weighted by molar-refractivity contribution is 6.12. The number of halogens is 3. The molecular weight excluding hydrogens is 535 g/mol. The third-order valence-electron chi connectivity index (χ3n) is 6.47. The molecule has 40 heavy (non-hydrogen) atoms. The average molecular weight is 562 g/mol. The van der Waals surface area contributed by atoms with Gasteiger partial charge in [0.2, 0.25) is 0 Å². The molecule has 0 radical (unpaired) electrons. The predicted molar refractivity (Wildman–Crippen MR) is 138 cm³/mol. The van der Waals surface area contributed by atoms with Gasteiger partial charge >= 0.3 is 17.8 Å². The Labute approximate surface area is 226 Å². The van der Waals surface area contributed by atoms with E-state index in [1.54, 1.807) is 0 Å². The summed E-state index contributed by atoms with van der Waals surface area (Å²) in [5.74, 6) is -0.0813. The standard InChI is InChI=1S/C27H26F3N3O7/c1-2-7-20-22(11-10-19-21(27(28,29)30)15-24(35)40-25(19)20)39-13-5-3-4-12-31-23(34)16-32(26(31)36)17-8-6-9-18(14-17)33(37)38/h6,8-11,14-15H,2-5,7,12-13,16H2,1H3. The van der Waals surface area contributed by atoms with Crippen molar-refractivity contribution in [1.29, 1.82) is 0 Å². The van der Waals surface area contributed by atoms with Gasteiger partial charge in [0, 0.05) is 35.7 Å². The highest BCUT2D eigenvalue weighted by atomic mass is 19.4. The van der Waals surface area contributed by atoms with Crippen LogP contribution in [0, 0.1) is 10.1 Å². The molecule has 1 aliphatic heterocycles. The smallest absolute Gasteiger partial charge is 0.417 e. The molecule has 3 amide bonds. The normalized spacial score (nSPS) is 13.9. The molecule has 4 rings (SSSR count). The van der Waals surface area contributed by atoms with Crippen LogP contribution in [0.1, 0.15) is 43.7 Å². The molecule has 0 spiro atoms. The molecule has 2 heterocycles. The van der Waals surface area contributed by atoms with E-state index in [9.17, 15) is 37.7 Å². The van der Waals surface area contributed by atoms with Gasteiger partial charge in [-0.1, -0.05) is 19.4 Å². The van der Waals surface area contributed by atoms with Crippen molar-refractivity contribution in [3.63, 3.8) is 0 Å². The van der Waals surface area contributed by atoms with Crippen molar-refractivity contribution in [2.24, 2.45) is 0 Å². The van der Waals surface area contributed by atoms with Crippen molar-refractivity contribution in [2.45, 2.75) is 45.2 Å². The summed E-state index contributed by atoms with van der Waals surface area (Å²) in [6, 6.07) is 8.05. The molecule has 0 saturated carbocycles. The molecule has 1 saturated heterocycles. The number of amides is 3. The minimum absolute atomic E-state index is 0.140. The maximum atomic E-state index is 13.5. The van der Waals surface area contributed by atoms with Crippen molar-refractivity contribution in [3.05, 3.63) is 74.1 Å². The fraction of sp³-hybridized carbons (Fsp3) is 0.370. The Morgan fingerprint density at radius 1 is 1.07 bits per heavy atom. The third kappa shape index (κ3) is 6.08. The van der Waals surface area contributed by atoms with Crippen LogP contribution in [0.25, 0.3) is 11.0 Å². The summed E-state index contributed by atoms with van der Waals surface area (Å²) in [5, 5.41) is 10.8. The second-order valence-electron chi connectivity index (χ2n) is 9.25. The number of nitrogens with zero attached hydrogens (tertiary/aromatic N) is 3. The minimum Gasteiger partial charge on any atom is -0.493 e. The topological polar surface area (TPSA) is 123 Å². The van der Waals surface area contributed by atoms with E-state index in [4.69, 9.17) is 9.15 Å². The lowest BCUT2D eigenvalue weighted by Crippen LogP contribution is -2.33. The molecule has 1 aliphatic rings. The number of fused-ring (bicyclic) bond motifs is 1. The number of benzene rings is 2. The van der Waals surface area contributed by atoms with E-state index < -0.39 is 34.2 Å². The lowest BCUT2D eigenvalue weighted by Gasteiger charge is -2.17. The largest absolute Gasteiger partial charge is 0.493 e. The van der Waals surface area contributed by atoms with Crippen molar-refractivity contribution in [3.8, 4) is 5.75 Å². The molecular formula is C27H26F3N3O7. The predicted octanol–water partition coefficient (Wildman–Crippen LogP) is 5.69. The number of imide groups is 1. The number of anilines is 1. The Bertz CT molecular complexity index is 1500. The first-order valence-electron chi connectivity index (χ1n) is 12.7. The molecule has 2 aromatic carbocycles. The number of nitro benzene ring substituents is 1. The number of alkyl halides is 3.